The van der Waals surface area contributed by atoms with Crippen molar-refractivity contribution in [2.75, 3.05) is 0 Å². The van der Waals surface area contributed by atoms with Gasteiger partial charge < -0.3 is 9.13 Å². The molecule has 3 heterocycles. The van der Waals surface area contributed by atoms with Gasteiger partial charge in [-0.25, -0.2) is 15.0 Å². The Balaban J connectivity index is 1.14. The molecule has 13 rings (SSSR count). The maximum Gasteiger partial charge on any atom is 0.164 e. The first-order valence-electron chi connectivity index (χ1n) is 23.0. The molecule has 0 atom stereocenters. The van der Waals surface area contributed by atoms with Crippen LogP contribution in [0.1, 0.15) is 0 Å². The third kappa shape index (κ3) is 6.68. The van der Waals surface area contributed by atoms with Crippen molar-refractivity contribution in [3.8, 4) is 78.9 Å². The molecule has 0 unspecified atom stereocenters. The molecule has 0 radical (unpaired) electrons. The summed E-state index contributed by atoms with van der Waals surface area (Å²) in [7, 11) is 0. The van der Waals surface area contributed by atoms with E-state index < -0.39 is 0 Å². The zero-order valence-electron chi connectivity index (χ0n) is 36.9. The molecule has 0 spiro atoms. The van der Waals surface area contributed by atoms with Gasteiger partial charge in [0.1, 0.15) is 0 Å². The number of hydrogen-bond donors (Lipinski definition) is 0. The van der Waals surface area contributed by atoms with Crippen molar-refractivity contribution in [3.05, 3.63) is 249 Å². The van der Waals surface area contributed by atoms with E-state index in [1.807, 2.05) is 36.4 Å². The lowest BCUT2D eigenvalue weighted by Gasteiger charge is -2.21. The summed E-state index contributed by atoms with van der Waals surface area (Å²) in [5, 5.41) is 4.81. The van der Waals surface area contributed by atoms with Gasteiger partial charge >= 0.3 is 0 Å². The quantitative estimate of drug-likeness (QED) is 0.153. The van der Waals surface area contributed by atoms with Gasteiger partial charge in [-0.3, -0.25) is 0 Å². The maximum absolute atomic E-state index is 5.25. The lowest BCUT2D eigenvalue weighted by molar-refractivity contribution is 1.07. The van der Waals surface area contributed by atoms with Gasteiger partial charge in [-0.1, -0.05) is 200 Å². The molecule has 10 aromatic carbocycles. The van der Waals surface area contributed by atoms with Crippen molar-refractivity contribution in [3.63, 3.8) is 0 Å². The Kier molecular flexibility index (Phi) is 9.43. The third-order valence-corrected chi connectivity index (χ3v) is 13.2. The Hall–Kier alpha value is -9.19. The minimum Gasteiger partial charge on any atom is -0.309 e. The molecule has 318 valence electrons. The number of aromatic nitrogens is 5. The van der Waals surface area contributed by atoms with E-state index in [4.69, 9.17) is 15.0 Å². The van der Waals surface area contributed by atoms with E-state index in [1.54, 1.807) is 0 Å². The van der Waals surface area contributed by atoms with E-state index in [1.165, 1.54) is 32.6 Å². The fourth-order valence-electron chi connectivity index (χ4n) is 10.0. The molecular weight excluding hydrogens is 827 g/mol. The van der Waals surface area contributed by atoms with Crippen LogP contribution >= 0.6 is 0 Å². The maximum atomic E-state index is 5.25. The van der Waals surface area contributed by atoms with E-state index in [2.05, 4.69) is 221 Å². The highest BCUT2D eigenvalue weighted by atomic mass is 15.0. The fraction of sp³-hybridized carbons (Fsp3) is 0. The molecule has 0 aliphatic heterocycles. The summed E-state index contributed by atoms with van der Waals surface area (Å²) in [6.07, 6.45) is 0. The number of hydrogen-bond acceptors (Lipinski definition) is 3. The Bertz CT molecular complexity index is 3820. The van der Waals surface area contributed by atoms with Crippen molar-refractivity contribution in [2.45, 2.75) is 0 Å². The van der Waals surface area contributed by atoms with Gasteiger partial charge in [-0.15, -0.1) is 0 Å². The first-order chi connectivity index (χ1) is 33.7. The first-order valence-corrected chi connectivity index (χ1v) is 23.0. The number of rotatable bonds is 8. The summed E-state index contributed by atoms with van der Waals surface area (Å²) >= 11 is 0. The van der Waals surface area contributed by atoms with E-state index in [0.717, 1.165) is 72.5 Å². The number of fused-ring (bicyclic) bond motifs is 6. The predicted molar refractivity (Wildman–Crippen MR) is 281 cm³/mol. The Morgan fingerprint density at radius 3 is 1.16 bits per heavy atom. The highest BCUT2D eigenvalue weighted by Gasteiger charge is 2.24. The van der Waals surface area contributed by atoms with Crippen LogP contribution in [0.15, 0.2) is 249 Å². The van der Waals surface area contributed by atoms with Gasteiger partial charge in [0.25, 0.3) is 0 Å². The van der Waals surface area contributed by atoms with Gasteiger partial charge in [0.2, 0.25) is 0 Å². The largest absolute Gasteiger partial charge is 0.309 e. The molecular formula is C63H41N5. The summed E-state index contributed by atoms with van der Waals surface area (Å²) in [6.45, 7) is 0. The van der Waals surface area contributed by atoms with Crippen LogP contribution in [0.4, 0.5) is 0 Å². The zero-order valence-corrected chi connectivity index (χ0v) is 36.9. The van der Waals surface area contributed by atoms with Crippen LogP contribution in [0.5, 0.6) is 0 Å². The number of nitrogens with zero attached hydrogens (tertiary/aromatic N) is 5. The lowest BCUT2D eigenvalue weighted by Crippen LogP contribution is -2.04. The van der Waals surface area contributed by atoms with Crippen molar-refractivity contribution in [1.29, 1.82) is 0 Å². The summed E-state index contributed by atoms with van der Waals surface area (Å²) in [5.41, 5.74) is 16.1. The molecule has 68 heavy (non-hydrogen) atoms. The van der Waals surface area contributed by atoms with Crippen LogP contribution in [-0.2, 0) is 0 Å². The Labute approximate surface area is 393 Å². The van der Waals surface area contributed by atoms with Crippen LogP contribution in [0.2, 0.25) is 0 Å². The van der Waals surface area contributed by atoms with Gasteiger partial charge in [0.05, 0.1) is 27.8 Å². The molecule has 0 saturated heterocycles. The lowest BCUT2D eigenvalue weighted by atomic mass is 9.92. The van der Waals surface area contributed by atoms with Crippen molar-refractivity contribution in [1.82, 2.24) is 24.1 Å². The zero-order chi connectivity index (χ0) is 45.0. The molecule has 5 nitrogen and oxygen atoms in total. The molecule has 3 aromatic heterocycles. The van der Waals surface area contributed by atoms with Gasteiger partial charge in [-0.2, -0.15) is 0 Å². The first kappa shape index (κ1) is 39.2. The Morgan fingerprint density at radius 1 is 0.235 bits per heavy atom. The van der Waals surface area contributed by atoms with Crippen LogP contribution in [0.25, 0.3) is 123 Å². The SMILES string of the molecule is c1ccc(-c2ccc3c4cc(-n5c6ccccc6c6ccccc65)ccc4n(-c4c(-c5ccccc5)cc(-c5nc(-c6ccccc6)nc(-c6ccccc6)n5)cc4-c4ccccc4)c3c2)cc1. The molecule has 5 heteroatoms. The number of para-hydroxylation sites is 2. The van der Waals surface area contributed by atoms with Crippen molar-refractivity contribution in [2.24, 2.45) is 0 Å². The van der Waals surface area contributed by atoms with Crippen LogP contribution in [0, 0.1) is 0 Å². The predicted octanol–water partition coefficient (Wildman–Crippen LogP) is 16.1. The summed E-state index contributed by atoms with van der Waals surface area (Å²) < 4.78 is 4.91. The minimum absolute atomic E-state index is 0.600. The van der Waals surface area contributed by atoms with Gasteiger partial charge in [0.15, 0.2) is 17.5 Å². The molecule has 0 amide bonds. The molecule has 13 aromatic rings. The average Bonchev–Trinajstić information content (AvgIpc) is 3.93. The normalized spacial score (nSPS) is 11.5. The standard InChI is InChI=1S/C63H41N5/c1-6-20-42(21-7-1)47-34-36-52-55-41-49(67-56-32-18-16-30-50(56)51-31-17-19-33-57(51)67)35-37-58(55)68(59(52)40-47)60-53(43-22-8-2-9-23-43)38-48(39-54(60)44-24-10-3-11-25-44)63-65-61(45-26-12-4-13-27-45)64-62(66-63)46-28-14-5-15-29-46/h1-41H. The van der Waals surface area contributed by atoms with Gasteiger partial charge in [-0.05, 0) is 70.8 Å². The van der Waals surface area contributed by atoms with E-state index in [-0.39, 0.29) is 0 Å². The second-order valence-electron chi connectivity index (χ2n) is 17.2. The number of benzene rings is 10. The monoisotopic (exact) mass is 867 g/mol. The molecule has 0 bridgehead atoms. The smallest absolute Gasteiger partial charge is 0.164 e. The molecule has 0 N–H and O–H groups in total. The fourth-order valence-corrected chi connectivity index (χ4v) is 10.0. The van der Waals surface area contributed by atoms with Crippen molar-refractivity contribution < 1.29 is 0 Å². The van der Waals surface area contributed by atoms with Crippen molar-refractivity contribution >= 4 is 43.6 Å². The van der Waals surface area contributed by atoms with Gasteiger partial charge in [0, 0.05) is 55.0 Å². The summed E-state index contributed by atoms with van der Waals surface area (Å²) in [4.78, 5) is 15.6. The molecule has 0 saturated carbocycles. The van der Waals surface area contributed by atoms with Crippen LogP contribution in [-0.4, -0.2) is 24.1 Å². The Morgan fingerprint density at radius 2 is 0.647 bits per heavy atom. The van der Waals surface area contributed by atoms with Crippen LogP contribution in [0.3, 0.4) is 0 Å². The minimum atomic E-state index is 0.600. The summed E-state index contributed by atoms with van der Waals surface area (Å²) in [6, 6.07) is 88.4. The van der Waals surface area contributed by atoms with E-state index in [0.29, 0.717) is 17.5 Å². The molecule has 0 aliphatic carbocycles. The highest BCUT2D eigenvalue weighted by molar-refractivity contribution is 6.14. The second-order valence-corrected chi connectivity index (χ2v) is 17.2. The highest BCUT2D eigenvalue weighted by Crippen LogP contribution is 2.45. The summed E-state index contributed by atoms with van der Waals surface area (Å²) in [5.74, 6) is 1.84. The van der Waals surface area contributed by atoms with Crippen LogP contribution < -0.4 is 0 Å². The average molecular weight is 868 g/mol. The topological polar surface area (TPSA) is 48.5 Å². The van der Waals surface area contributed by atoms with E-state index >= 15 is 0 Å². The molecule has 0 aliphatic rings. The third-order valence-electron chi connectivity index (χ3n) is 13.2. The second kappa shape index (κ2) is 16.4. The van der Waals surface area contributed by atoms with E-state index in [9.17, 15) is 0 Å². The molecule has 0 fully saturated rings.